The molecule has 0 aliphatic carbocycles. The van der Waals surface area contributed by atoms with E-state index in [2.05, 4.69) is 5.32 Å². The van der Waals surface area contributed by atoms with Gasteiger partial charge in [-0.3, -0.25) is 4.79 Å². The van der Waals surface area contributed by atoms with Gasteiger partial charge in [0.1, 0.15) is 5.76 Å². The molecule has 4 nitrogen and oxygen atoms in total. The van der Waals surface area contributed by atoms with Crippen LogP contribution in [0.5, 0.6) is 0 Å². The molecule has 1 rings (SSSR count). The predicted octanol–water partition coefficient (Wildman–Crippen LogP) is 2.29. The third-order valence-electron chi connectivity index (χ3n) is 3.30. The Balaban J connectivity index is 2.57. The molecule has 0 bridgehead atoms. The highest BCUT2D eigenvalue weighted by atomic mass is 16.4. The smallest absolute Gasteiger partial charge is 0.287 e. The van der Waals surface area contributed by atoms with Crippen molar-refractivity contribution in [3.05, 3.63) is 23.2 Å². The number of aryl methyl sites for hydroxylation is 2. The van der Waals surface area contributed by atoms with E-state index in [1.807, 2.05) is 33.8 Å². The van der Waals surface area contributed by atoms with Gasteiger partial charge >= 0.3 is 0 Å². The molecule has 18 heavy (non-hydrogen) atoms. The topological polar surface area (TPSA) is 62.5 Å². The van der Waals surface area contributed by atoms with Crippen molar-refractivity contribution in [2.75, 3.05) is 6.54 Å². The van der Waals surface area contributed by atoms with E-state index in [0.717, 1.165) is 24.2 Å². The number of aliphatic hydroxyl groups is 1. The number of aliphatic hydroxyl groups excluding tert-OH is 1. The van der Waals surface area contributed by atoms with Gasteiger partial charge in [0.05, 0.1) is 6.10 Å². The number of furan rings is 1. The zero-order valence-electron chi connectivity index (χ0n) is 11.6. The minimum Gasteiger partial charge on any atom is -0.456 e. The molecule has 1 aromatic heterocycles. The molecule has 1 aromatic rings. The van der Waals surface area contributed by atoms with Crippen molar-refractivity contribution in [2.45, 2.75) is 46.6 Å². The van der Waals surface area contributed by atoms with Crippen molar-refractivity contribution in [3.63, 3.8) is 0 Å². The Morgan fingerprint density at radius 3 is 2.67 bits per heavy atom. The van der Waals surface area contributed by atoms with Gasteiger partial charge in [-0.05, 0) is 18.9 Å². The Morgan fingerprint density at radius 2 is 2.17 bits per heavy atom. The van der Waals surface area contributed by atoms with Crippen LogP contribution in [0.1, 0.15) is 49.1 Å². The van der Waals surface area contributed by atoms with Crippen LogP contribution >= 0.6 is 0 Å². The molecular weight excluding hydrogens is 230 g/mol. The van der Waals surface area contributed by atoms with Crippen LogP contribution in [0.25, 0.3) is 0 Å². The Hall–Kier alpha value is -1.29. The maximum atomic E-state index is 11.9. The summed E-state index contributed by atoms with van der Waals surface area (Å²) in [6.07, 6.45) is 1.14. The second-order valence-corrected chi connectivity index (χ2v) is 4.74. The van der Waals surface area contributed by atoms with Crippen LogP contribution < -0.4 is 5.32 Å². The van der Waals surface area contributed by atoms with Crippen LogP contribution in [0.3, 0.4) is 0 Å². The van der Waals surface area contributed by atoms with Gasteiger partial charge in [-0.25, -0.2) is 0 Å². The van der Waals surface area contributed by atoms with Gasteiger partial charge in [-0.2, -0.15) is 0 Å². The predicted molar refractivity (Wildman–Crippen MR) is 70.6 cm³/mol. The van der Waals surface area contributed by atoms with Crippen molar-refractivity contribution < 1.29 is 14.3 Å². The van der Waals surface area contributed by atoms with Crippen LogP contribution in [0, 0.1) is 12.8 Å². The number of rotatable bonds is 6. The first-order valence-corrected chi connectivity index (χ1v) is 6.55. The molecule has 102 valence electrons. The molecule has 0 fully saturated rings. The quantitative estimate of drug-likeness (QED) is 0.817. The van der Waals surface area contributed by atoms with Crippen molar-refractivity contribution >= 4 is 5.91 Å². The number of carbonyl (C=O) groups is 1. The highest BCUT2D eigenvalue weighted by Gasteiger charge is 2.18. The standard InChI is InChI=1S/C14H23NO3/c1-5-9(3)12(16)8-15-14(17)13-10(4)7-11(6-2)18-13/h7,9,12,16H,5-6,8H2,1-4H3,(H,15,17). The summed E-state index contributed by atoms with van der Waals surface area (Å²) in [4.78, 5) is 11.9. The monoisotopic (exact) mass is 253 g/mol. The van der Waals surface area contributed by atoms with E-state index in [1.54, 1.807) is 0 Å². The summed E-state index contributed by atoms with van der Waals surface area (Å²) < 4.78 is 5.45. The lowest BCUT2D eigenvalue weighted by Gasteiger charge is -2.17. The summed E-state index contributed by atoms with van der Waals surface area (Å²) in [6, 6.07) is 1.88. The second-order valence-electron chi connectivity index (χ2n) is 4.74. The zero-order valence-corrected chi connectivity index (χ0v) is 11.6. The largest absolute Gasteiger partial charge is 0.456 e. The number of nitrogens with one attached hydrogen (secondary N) is 1. The van der Waals surface area contributed by atoms with Gasteiger partial charge in [-0.15, -0.1) is 0 Å². The molecular formula is C14H23NO3. The van der Waals surface area contributed by atoms with Crippen molar-refractivity contribution in [3.8, 4) is 0 Å². The second kappa shape index (κ2) is 6.59. The highest BCUT2D eigenvalue weighted by Crippen LogP contribution is 2.15. The third-order valence-corrected chi connectivity index (χ3v) is 3.30. The molecule has 0 radical (unpaired) electrons. The van der Waals surface area contributed by atoms with Gasteiger partial charge in [0.15, 0.2) is 5.76 Å². The fourth-order valence-electron chi connectivity index (χ4n) is 1.70. The lowest BCUT2D eigenvalue weighted by atomic mass is 10.0. The summed E-state index contributed by atoms with van der Waals surface area (Å²) in [7, 11) is 0. The molecule has 0 spiro atoms. The summed E-state index contributed by atoms with van der Waals surface area (Å²) in [6.45, 7) is 8.06. The maximum Gasteiger partial charge on any atom is 0.287 e. The fourth-order valence-corrected chi connectivity index (χ4v) is 1.70. The van der Waals surface area contributed by atoms with Crippen LogP contribution in [0.4, 0.5) is 0 Å². The van der Waals surface area contributed by atoms with E-state index in [-0.39, 0.29) is 18.4 Å². The van der Waals surface area contributed by atoms with Gasteiger partial charge in [-0.1, -0.05) is 27.2 Å². The number of hydrogen-bond donors (Lipinski definition) is 2. The fraction of sp³-hybridized carbons (Fsp3) is 0.643. The Labute approximate surface area is 108 Å². The normalized spacial score (nSPS) is 14.3. The summed E-state index contributed by atoms with van der Waals surface area (Å²) >= 11 is 0. The van der Waals surface area contributed by atoms with Crippen LogP contribution in [-0.2, 0) is 6.42 Å². The van der Waals surface area contributed by atoms with Gasteiger partial charge in [0, 0.05) is 18.5 Å². The molecule has 0 saturated carbocycles. The van der Waals surface area contributed by atoms with Crippen molar-refractivity contribution in [1.29, 1.82) is 0 Å². The molecule has 0 saturated heterocycles. The zero-order chi connectivity index (χ0) is 13.7. The van der Waals surface area contributed by atoms with E-state index < -0.39 is 6.10 Å². The minimum atomic E-state index is -0.514. The maximum absolute atomic E-state index is 11.9. The molecule has 1 amide bonds. The Kier molecular flexibility index (Phi) is 5.41. The Morgan fingerprint density at radius 1 is 1.50 bits per heavy atom. The van der Waals surface area contributed by atoms with Gasteiger partial charge < -0.3 is 14.8 Å². The van der Waals surface area contributed by atoms with Gasteiger partial charge in [0.2, 0.25) is 0 Å². The number of amides is 1. The van der Waals surface area contributed by atoms with Crippen molar-refractivity contribution in [2.24, 2.45) is 5.92 Å². The number of carbonyl (C=O) groups excluding carboxylic acids is 1. The van der Waals surface area contributed by atoms with E-state index in [4.69, 9.17) is 4.42 Å². The first-order chi connectivity index (χ1) is 8.49. The van der Waals surface area contributed by atoms with E-state index in [9.17, 15) is 9.90 Å². The average Bonchev–Trinajstić information content (AvgIpc) is 2.75. The molecule has 0 aliphatic rings. The lowest BCUT2D eigenvalue weighted by molar-refractivity contribution is 0.0825. The average molecular weight is 253 g/mol. The van der Waals surface area contributed by atoms with Crippen LogP contribution in [-0.4, -0.2) is 23.7 Å². The molecule has 4 heteroatoms. The molecule has 2 unspecified atom stereocenters. The van der Waals surface area contributed by atoms with Gasteiger partial charge in [0.25, 0.3) is 5.91 Å². The summed E-state index contributed by atoms with van der Waals surface area (Å²) in [5.74, 6) is 1.08. The molecule has 0 aromatic carbocycles. The van der Waals surface area contributed by atoms with Crippen LogP contribution in [0.15, 0.2) is 10.5 Å². The minimum absolute atomic E-state index is 0.175. The summed E-state index contributed by atoms with van der Waals surface area (Å²) in [5.41, 5.74) is 0.836. The molecule has 1 heterocycles. The molecule has 2 N–H and O–H groups in total. The highest BCUT2D eigenvalue weighted by molar-refractivity contribution is 5.92. The molecule has 0 aliphatic heterocycles. The van der Waals surface area contributed by atoms with E-state index >= 15 is 0 Å². The Bertz CT molecular complexity index is 398. The lowest BCUT2D eigenvalue weighted by Crippen LogP contribution is -2.35. The van der Waals surface area contributed by atoms with Crippen LogP contribution in [0.2, 0.25) is 0 Å². The van der Waals surface area contributed by atoms with E-state index in [1.165, 1.54) is 0 Å². The molecule has 2 atom stereocenters. The van der Waals surface area contributed by atoms with Crippen molar-refractivity contribution in [1.82, 2.24) is 5.32 Å². The SMILES string of the molecule is CCc1cc(C)c(C(=O)NCC(O)C(C)CC)o1. The first kappa shape index (κ1) is 14.8. The first-order valence-electron chi connectivity index (χ1n) is 6.55. The van der Waals surface area contributed by atoms with E-state index in [0.29, 0.717) is 5.76 Å². The number of hydrogen-bond acceptors (Lipinski definition) is 3. The third kappa shape index (κ3) is 3.60. The summed E-state index contributed by atoms with van der Waals surface area (Å²) in [5, 5.41) is 12.5.